The second-order valence-electron chi connectivity index (χ2n) is 4.57. The van der Waals surface area contributed by atoms with E-state index < -0.39 is 0 Å². The Hall–Kier alpha value is -0.320. The Morgan fingerprint density at radius 1 is 1.11 bits per heavy atom. The number of rotatable bonds is 9. The standard InChI is InChI=1S/C14H22Cl2N2O/c15-5-7-18(8-6-16)10-13-4-2-1-3-12(13)9-14(17)11-19/h1-4,14,19H,5-11,17H2. The van der Waals surface area contributed by atoms with E-state index in [1.54, 1.807) is 0 Å². The molecule has 0 fully saturated rings. The molecule has 0 radical (unpaired) electrons. The van der Waals surface area contributed by atoms with Gasteiger partial charge in [-0.05, 0) is 17.5 Å². The van der Waals surface area contributed by atoms with E-state index in [2.05, 4.69) is 17.0 Å². The van der Waals surface area contributed by atoms with E-state index in [1.807, 2.05) is 12.1 Å². The van der Waals surface area contributed by atoms with E-state index in [0.29, 0.717) is 18.2 Å². The van der Waals surface area contributed by atoms with Crippen LogP contribution in [0.25, 0.3) is 0 Å². The second kappa shape index (κ2) is 9.56. The molecule has 0 aliphatic heterocycles. The van der Waals surface area contributed by atoms with Crippen LogP contribution in [0.1, 0.15) is 11.1 Å². The van der Waals surface area contributed by atoms with Gasteiger partial charge in [-0.15, -0.1) is 23.2 Å². The summed E-state index contributed by atoms with van der Waals surface area (Å²) < 4.78 is 0. The summed E-state index contributed by atoms with van der Waals surface area (Å²) in [6, 6.07) is 7.95. The molecule has 0 bridgehead atoms. The minimum atomic E-state index is -0.212. The Morgan fingerprint density at radius 3 is 2.21 bits per heavy atom. The molecule has 5 heteroatoms. The Balaban J connectivity index is 2.74. The number of alkyl halides is 2. The molecule has 0 spiro atoms. The van der Waals surface area contributed by atoms with Crippen LogP contribution in [0.2, 0.25) is 0 Å². The summed E-state index contributed by atoms with van der Waals surface area (Å²) in [5, 5.41) is 9.07. The predicted molar refractivity (Wildman–Crippen MR) is 81.9 cm³/mol. The monoisotopic (exact) mass is 304 g/mol. The molecule has 0 saturated carbocycles. The summed E-state index contributed by atoms with van der Waals surface area (Å²) >= 11 is 11.6. The molecule has 0 aliphatic rings. The van der Waals surface area contributed by atoms with Crippen molar-refractivity contribution in [3.05, 3.63) is 35.4 Å². The lowest BCUT2D eigenvalue weighted by Crippen LogP contribution is -2.30. The molecule has 0 aliphatic carbocycles. The van der Waals surface area contributed by atoms with Crippen molar-refractivity contribution in [3.8, 4) is 0 Å². The molecule has 0 heterocycles. The molecular weight excluding hydrogens is 283 g/mol. The Bertz CT molecular complexity index is 357. The molecule has 1 unspecified atom stereocenters. The van der Waals surface area contributed by atoms with Crippen molar-refractivity contribution in [2.75, 3.05) is 31.5 Å². The van der Waals surface area contributed by atoms with Gasteiger partial charge in [-0.3, -0.25) is 4.90 Å². The summed E-state index contributed by atoms with van der Waals surface area (Å²) in [4.78, 5) is 2.23. The fraction of sp³-hybridized carbons (Fsp3) is 0.571. The van der Waals surface area contributed by atoms with Gasteiger partial charge in [0.15, 0.2) is 0 Å². The zero-order chi connectivity index (χ0) is 14.1. The molecule has 1 aromatic carbocycles. The highest BCUT2D eigenvalue weighted by Crippen LogP contribution is 2.14. The van der Waals surface area contributed by atoms with E-state index in [-0.39, 0.29) is 12.6 Å². The highest BCUT2D eigenvalue weighted by molar-refractivity contribution is 6.18. The smallest absolute Gasteiger partial charge is 0.0585 e. The van der Waals surface area contributed by atoms with Crippen molar-refractivity contribution < 1.29 is 5.11 Å². The minimum Gasteiger partial charge on any atom is -0.395 e. The lowest BCUT2D eigenvalue weighted by atomic mass is 10.0. The van der Waals surface area contributed by atoms with Gasteiger partial charge in [-0.25, -0.2) is 0 Å². The number of benzene rings is 1. The number of nitrogens with zero attached hydrogens (tertiary/aromatic N) is 1. The summed E-state index contributed by atoms with van der Waals surface area (Å²) in [7, 11) is 0. The third kappa shape index (κ3) is 6.11. The van der Waals surface area contributed by atoms with Crippen LogP contribution in [0.4, 0.5) is 0 Å². The van der Waals surface area contributed by atoms with Crippen molar-refractivity contribution in [1.29, 1.82) is 0 Å². The summed E-state index contributed by atoms with van der Waals surface area (Å²) in [6.45, 7) is 2.44. The molecule has 0 saturated heterocycles. The maximum atomic E-state index is 9.07. The van der Waals surface area contributed by atoms with Crippen LogP contribution in [0, 0.1) is 0 Å². The van der Waals surface area contributed by atoms with Crippen molar-refractivity contribution in [3.63, 3.8) is 0 Å². The molecule has 0 amide bonds. The first-order chi connectivity index (χ1) is 9.21. The third-order valence-corrected chi connectivity index (χ3v) is 3.37. The zero-order valence-electron chi connectivity index (χ0n) is 11.1. The first-order valence-corrected chi connectivity index (χ1v) is 7.55. The number of aliphatic hydroxyl groups is 1. The molecule has 1 rings (SSSR count). The van der Waals surface area contributed by atoms with Crippen LogP contribution in [0.5, 0.6) is 0 Å². The highest BCUT2D eigenvalue weighted by Gasteiger charge is 2.10. The van der Waals surface area contributed by atoms with Crippen molar-refractivity contribution in [2.45, 2.75) is 19.0 Å². The van der Waals surface area contributed by atoms with Crippen LogP contribution < -0.4 is 5.73 Å². The Labute approximate surface area is 125 Å². The van der Waals surface area contributed by atoms with E-state index in [9.17, 15) is 0 Å². The second-order valence-corrected chi connectivity index (χ2v) is 5.33. The van der Waals surface area contributed by atoms with Gasteiger partial charge < -0.3 is 10.8 Å². The SMILES string of the molecule is NC(CO)Cc1ccccc1CN(CCCl)CCCl. The van der Waals surface area contributed by atoms with Gasteiger partial charge in [-0.2, -0.15) is 0 Å². The maximum absolute atomic E-state index is 9.07. The van der Waals surface area contributed by atoms with Gasteiger partial charge >= 0.3 is 0 Å². The lowest BCUT2D eigenvalue weighted by Gasteiger charge is -2.22. The average Bonchev–Trinajstić information content (AvgIpc) is 2.41. The summed E-state index contributed by atoms with van der Waals surface area (Å²) in [6.07, 6.45) is 0.683. The number of aliphatic hydroxyl groups excluding tert-OH is 1. The first-order valence-electron chi connectivity index (χ1n) is 6.48. The van der Waals surface area contributed by atoms with Gasteiger partial charge in [0.1, 0.15) is 0 Å². The summed E-state index contributed by atoms with van der Waals surface area (Å²) in [5.41, 5.74) is 8.22. The Morgan fingerprint density at radius 2 is 1.68 bits per heavy atom. The minimum absolute atomic E-state index is 0.00140. The Kier molecular flexibility index (Phi) is 8.42. The molecule has 3 nitrogen and oxygen atoms in total. The molecule has 3 N–H and O–H groups in total. The quantitative estimate of drug-likeness (QED) is 0.684. The molecule has 1 aromatic rings. The van der Waals surface area contributed by atoms with Crippen LogP contribution in [0.3, 0.4) is 0 Å². The predicted octanol–water partition coefficient (Wildman–Crippen LogP) is 1.83. The molecular formula is C14H22Cl2N2O. The van der Waals surface area contributed by atoms with E-state index >= 15 is 0 Å². The van der Waals surface area contributed by atoms with Crippen LogP contribution >= 0.6 is 23.2 Å². The maximum Gasteiger partial charge on any atom is 0.0585 e. The van der Waals surface area contributed by atoms with Gasteiger partial charge in [-0.1, -0.05) is 24.3 Å². The van der Waals surface area contributed by atoms with Gasteiger partial charge in [0, 0.05) is 37.4 Å². The average molecular weight is 305 g/mol. The van der Waals surface area contributed by atoms with E-state index in [0.717, 1.165) is 19.6 Å². The highest BCUT2D eigenvalue weighted by atomic mass is 35.5. The van der Waals surface area contributed by atoms with Gasteiger partial charge in [0.2, 0.25) is 0 Å². The molecule has 1 atom stereocenters. The fourth-order valence-electron chi connectivity index (χ4n) is 2.01. The van der Waals surface area contributed by atoms with Crippen molar-refractivity contribution >= 4 is 23.2 Å². The van der Waals surface area contributed by atoms with Crippen LogP contribution in [-0.4, -0.2) is 47.5 Å². The summed E-state index contributed by atoms with van der Waals surface area (Å²) in [5.74, 6) is 1.18. The topological polar surface area (TPSA) is 49.5 Å². The van der Waals surface area contributed by atoms with Crippen LogP contribution in [0.15, 0.2) is 24.3 Å². The zero-order valence-corrected chi connectivity index (χ0v) is 12.6. The fourth-order valence-corrected chi connectivity index (χ4v) is 2.49. The van der Waals surface area contributed by atoms with Gasteiger partial charge in [0.25, 0.3) is 0 Å². The number of hydrogen-bond donors (Lipinski definition) is 2. The third-order valence-electron chi connectivity index (χ3n) is 3.03. The number of halogens is 2. The van der Waals surface area contributed by atoms with E-state index in [4.69, 9.17) is 34.0 Å². The van der Waals surface area contributed by atoms with Gasteiger partial charge in [0.05, 0.1) is 6.61 Å². The van der Waals surface area contributed by atoms with Crippen molar-refractivity contribution in [2.24, 2.45) is 5.73 Å². The molecule has 19 heavy (non-hydrogen) atoms. The molecule has 0 aromatic heterocycles. The largest absolute Gasteiger partial charge is 0.395 e. The normalized spacial score (nSPS) is 12.9. The van der Waals surface area contributed by atoms with Crippen LogP contribution in [-0.2, 0) is 13.0 Å². The first kappa shape index (κ1) is 16.7. The van der Waals surface area contributed by atoms with E-state index in [1.165, 1.54) is 11.1 Å². The molecule has 108 valence electrons. The number of hydrogen-bond acceptors (Lipinski definition) is 3. The number of nitrogens with two attached hydrogens (primary N) is 1. The lowest BCUT2D eigenvalue weighted by molar-refractivity contribution is 0.264. The van der Waals surface area contributed by atoms with Crippen molar-refractivity contribution in [1.82, 2.24) is 4.90 Å².